The highest BCUT2D eigenvalue weighted by Gasteiger charge is 2.19. The molecule has 0 amide bonds. The van der Waals surface area contributed by atoms with Gasteiger partial charge in [0.1, 0.15) is 0 Å². The molecule has 0 heterocycles. The summed E-state index contributed by atoms with van der Waals surface area (Å²) in [4.78, 5) is 2.58. The lowest BCUT2D eigenvalue weighted by Crippen LogP contribution is -2.43. The Kier molecular flexibility index (Phi) is 9.79. The van der Waals surface area contributed by atoms with Crippen LogP contribution in [0, 0.1) is 11.8 Å². The van der Waals surface area contributed by atoms with Crippen LogP contribution in [0.15, 0.2) is 0 Å². The number of nitrogens with zero attached hydrogens (tertiary/aromatic N) is 1. The summed E-state index contributed by atoms with van der Waals surface area (Å²) in [6, 6.07) is 0.522. The van der Waals surface area contributed by atoms with Gasteiger partial charge in [0.15, 0.2) is 0 Å². The fourth-order valence-electron chi connectivity index (χ4n) is 2.23. The number of ether oxygens (including phenoxy) is 1. The molecule has 0 aromatic rings. The Hall–Kier alpha value is -0.120. The second-order valence-corrected chi connectivity index (χ2v) is 5.78. The molecule has 3 nitrogen and oxygen atoms in total. The highest BCUT2D eigenvalue weighted by atomic mass is 16.5. The second kappa shape index (κ2) is 9.86. The highest BCUT2D eigenvalue weighted by Crippen LogP contribution is 2.13. The Morgan fingerprint density at radius 3 is 1.94 bits per heavy atom. The van der Waals surface area contributed by atoms with Crippen LogP contribution >= 0.6 is 0 Å². The van der Waals surface area contributed by atoms with E-state index < -0.39 is 0 Å². The van der Waals surface area contributed by atoms with Crippen LogP contribution in [0.4, 0.5) is 0 Å². The van der Waals surface area contributed by atoms with E-state index in [-0.39, 0.29) is 0 Å². The van der Waals surface area contributed by atoms with E-state index in [9.17, 15) is 0 Å². The summed E-state index contributed by atoms with van der Waals surface area (Å²) in [5.41, 5.74) is 5.62. The van der Waals surface area contributed by atoms with Crippen LogP contribution in [0.5, 0.6) is 0 Å². The first-order chi connectivity index (χ1) is 8.01. The molecule has 0 saturated carbocycles. The van der Waals surface area contributed by atoms with E-state index in [0.29, 0.717) is 17.9 Å². The number of nitrogens with two attached hydrogens (primary N) is 1. The van der Waals surface area contributed by atoms with Crippen molar-refractivity contribution < 1.29 is 4.74 Å². The van der Waals surface area contributed by atoms with Crippen molar-refractivity contribution in [1.82, 2.24) is 4.90 Å². The van der Waals surface area contributed by atoms with Crippen molar-refractivity contribution in [2.45, 2.75) is 46.6 Å². The quantitative estimate of drug-likeness (QED) is 0.641. The van der Waals surface area contributed by atoms with Crippen LogP contribution < -0.4 is 5.73 Å². The predicted molar refractivity (Wildman–Crippen MR) is 75.2 cm³/mol. The molecule has 0 radical (unpaired) electrons. The van der Waals surface area contributed by atoms with Crippen LogP contribution in [-0.4, -0.2) is 44.3 Å². The maximum atomic E-state index is 5.62. The molecule has 0 bridgehead atoms. The Morgan fingerprint density at radius 1 is 1.06 bits per heavy atom. The van der Waals surface area contributed by atoms with Gasteiger partial charge in [-0.25, -0.2) is 0 Å². The number of hydrogen-bond acceptors (Lipinski definition) is 3. The van der Waals surface area contributed by atoms with Gasteiger partial charge >= 0.3 is 0 Å². The van der Waals surface area contributed by atoms with E-state index in [0.717, 1.165) is 39.1 Å². The van der Waals surface area contributed by atoms with Gasteiger partial charge in [0.25, 0.3) is 0 Å². The molecule has 0 aromatic heterocycles. The molecule has 17 heavy (non-hydrogen) atoms. The first-order valence-electron chi connectivity index (χ1n) is 6.94. The van der Waals surface area contributed by atoms with E-state index in [4.69, 9.17) is 10.5 Å². The molecule has 0 aliphatic carbocycles. The molecule has 3 heteroatoms. The largest absolute Gasteiger partial charge is 0.383 e. The average Bonchev–Trinajstić information content (AvgIpc) is 2.22. The van der Waals surface area contributed by atoms with Crippen molar-refractivity contribution in [2.75, 3.05) is 33.4 Å². The third-order valence-electron chi connectivity index (χ3n) is 2.82. The van der Waals surface area contributed by atoms with Crippen molar-refractivity contribution in [1.29, 1.82) is 0 Å². The van der Waals surface area contributed by atoms with E-state index in [2.05, 4.69) is 32.6 Å². The van der Waals surface area contributed by atoms with Crippen molar-refractivity contribution in [3.05, 3.63) is 0 Å². The third-order valence-corrected chi connectivity index (χ3v) is 2.82. The Morgan fingerprint density at radius 2 is 1.59 bits per heavy atom. The summed E-state index contributed by atoms with van der Waals surface area (Å²) in [6.07, 6.45) is 2.23. The van der Waals surface area contributed by atoms with E-state index >= 15 is 0 Å². The molecule has 0 aromatic carbocycles. The summed E-state index contributed by atoms with van der Waals surface area (Å²) >= 11 is 0. The molecule has 0 fully saturated rings. The smallest absolute Gasteiger partial charge is 0.0618 e. The van der Waals surface area contributed by atoms with Crippen molar-refractivity contribution in [3.63, 3.8) is 0 Å². The van der Waals surface area contributed by atoms with Crippen LogP contribution in [-0.2, 0) is 4.74 Å². The van der Waals surface area contributed by atoms with Crippen LogP contribution in [0.3, 0.4) is 0 Å². The number of rotatable bonds is 10. The zero-order valence-corrected chi connectivity index (χ0v) is 12.4. The minimum atomic E-state index is 0.522. The zero-order valence-electron chi connectivity index (χ0n) is 12.4. The Balaban J connectivity index is 4.42. The van der Waals surface area contributed by atoms with Gasteiger partial charge in [-0.3, -0.25) is 4.90 Å². The summed E-state index contributed by atoms with van der Waals surface area (Å²) in [6.45, 7) is 13.0. The fraction of sp³-hybridized carbons (Fsp3) is 1.00. The lowest BCUT2D eigenvalue weighted by Gasteiger charge is -2.34. The van der Waals surface area contributed by atoms with Gasteiger partial charge in [-0.1, -0.05) is 27.7 Å². The molecule has 0 rings (SSSR count). The molecule has 1 unspecified atom stereocenters. The highest BCUT2D eigenvalue weighted by molar-refractivity contribution is 4.74. The normalized spacial score (nSPS) is 13.9. The monoisotopic (exact) mass is 244 g/mol. The van der Waals surface area contributed by atoms with Gasteiger partial charge in [-0.05, 0) is 31.2 Å². The Labute approximate surface area is 108 Å². The average molecular weight is 244 g/mol. The van der Waals surface area contributed by atoms with E-state index in [1.54, 1.807) is 7.11 Å². The zero-order chi connectivity index (χ0) is 13.3. The molecular formula is C14H32N2O. The van der Waals surface area contributed by atoms with Gasteiger partial charge in [0.05, 0.1) is 6.61 Å². The molecule has 104 valence electrons. The first kappa shape index (κ1) is 16.9. The molecular weight excluding hydrogens is 212 g/mol. The van der Waals surface area contributed by atoms with Crippen molar-refractivity contribution >= 4 is 0 Å². The molecule has 0 aliphatic rings. The lowest BCUT2D eigenvalue weighted by atomic mass is 10.1. The summed E-state index contributed by atoms with van der Waals surface area (Å²) < 4.78 is 5.36. The summed E-state index contributed by atoms with van der Waals surface area (Å²) in [5, 5.41) is 0. The van der Waals surface area contributed by atoms with Crippen LogP contribution in [0.25, 0.3) is 0 Å². The topological polar surface area (TPSA) is 38.5 Å². The maximum Gasteiger partial charge on any atom is 0.0618 e. The summed E-state index contributed by atoms with van der Waals surface area (Å²) in [7, 11) is 1.79. The number of methoxy groups -OCH3 is 1. The predicted octanol–water partition coefficient (Wildman–Crippen LogP) is 2.35. The number of hydrogen-bond donors (Lipinski definition) is 1. The lowest BCUT2D eigenvalue weighted by molar-refractivity contribution is 0.0685. The van der Waals surface area contributed by atoms with Gasteiger partial charge < -0.3 is 10.5 Å². The summed E-state index contributed by atoms with van der Waals surface area (Å²) in [5.74, 6) is 1.40. The first-order valence-corrected chi connectivity index (χ1v) is 6.94. The molecule has 1 atom stereocenters. The molecule has 0 spiro atoms. The SMILES string of the molecule is COCC(CCCN)N(CC(C)C)CC(C)C. The second-order valence-electron chi connectivity index (χ2n) is 5.78. The fourth-order valence-corrected chi connectivity index (χ4v) is 2.23. The van der Waals surface area contributed by atoms with Crippen LogP contribution in [0.1, 0.15) is 40.5 Å². The van der Waals surface area contributed by atoms with Gasteiger partial charge in [0, 0.05) is 26.2 Å². The minimum absolute atomic E-state index is 0.522. The van der Waals surface area contributed by atoms with E-state index in [1.165, 1.54) is 0 Å². The minimum Gasteiger partial charge on any atom is -0.383 e. The van der Waals surface area contributed by atoms with Crippen molar-refractivity contribution in [3.8, 4) is 0 Å². The van der Waals surface area contributed by atoms with Gasteiger partial charge in [-0.2, -0.15) is 0 Å². The molecule has 0 aliphatic heterocycles. The molecule has 0 saturated heterocycles. The van der Waals surface area contributed by atoms with Gasteiger partial charge in [-0.15, -0.1) is 0 Å². The Bertz CT molecular complexity index is 162. The van der Waals surface area contributed by atoms with Crippen molar-refractivity contribution in [2.24, 2.45) is 17.6 Å². The standard InChI is InChI=1S/C14H32N2O/c1-12(2)9-16(10-13(3)4)14(11-17-5)7-6-8-15/h12-14H,6-11,15H2,1-5H3. The van der Waals surface area contributed by atoms with E-state index in [1.807, 2.05) is 0 Å². The third kappa shape index (κ3) is 8.58. The molecule has 2 N–H and O–H groups in total. The maximum absolute atomic E-state index is 5.62. The van der Waals surface area contributed by atoms with Gasteiger partial charge in [0.2, 0.25) is 0 Å². The van der Waals surface area contributed by atoms with Crippen LogP contribution in [0.2, 0.25) is 0 Å².